The van der Waals surface area contributed by atoms with Gasteiger partial charge in [0.05, 0.1) is 0 Å². The van der Waals surface area contributed by atoms with Crippen molar-refractivity contribution in [1.29, 1.82) is 0 Å². The number of pyridine rings is 1. The van der Waals surface area contributed by atoms with Gasteiger partial charge in [0.2, 0.25) is 0 Å². The largest absolute Gasteiger partial charge is 0.619 e. The lowest BCUT2D eigenvalue weighted by Crippen LogP contribution is -2.30. The quantitative estimate of drug-likeness (QED) is 0.445. The molecule has 0 N–H and O–H groups in total. The molecule has 1 aromatic heterocycles. The van der Waals surface area contributed by atoms with Crippen LogP contribution in [0.25, 0.3) is 0 Å². The van der Waals surface area contributed by atoms with Gasteiger partial charge in [0.25, 0.3) is 0 Å². The fourth-order valence-corrected chi connectivity index (χ4v) is 0.913. The molecule has 54 valence electrons. The third-order valence-corrected chi connectivity index (χ3v) is 1.41. The van der Waals surface area contributed by atoms with Crippen molar-refractivity contribution in [2.45, 2.75) is 19.8 Å². The van der Waals surface area contributed by atoms with Crippen LogP contribution in [-0.2, 0) is 6.42 Å². The van der Waals surface area contributed by atoms with Crippen LogP contribution in [0.4, 0.5) is 0 Å². The summed E-state index contributed by atoms with van der Waals surface area (Å²) >= 11 is 0. The summed E-state index contributed by atoms with van der Waals surface area (Å²) in [6.07, 6.45) is 3.42. The number of aryl methyl sites for hydroxylation is 1. The van der Waals surface area contributed by atoms with Crippen molar-refractivity contribution in [3.8, 4) is 0 Å². The topological polar surface area (TPSA) is 26.9 Å². The second kappa shape index (κ2) is 3.20. The highest BCUT2D eigenvalue weighted by atomic mass is 16.5. The Hall–Kier alpha value is -1.05. The van der Waals surface area contributed by atoms with E-state index in [4.69, 9.17) is 0 Å². The van der Waals surface area contributed by atoms with Crippen molar-refractivity contribution in [2.75, 3.05) is 0 Å². The zero-order valence-electron chi connectivity index (χ0n) is 6.08. The summed E-state index contributed by atoms with van der Waals surface area (Å²) in [5, 5.41) is 10.9. The average Bonchev–Trinajstić information content (AvgIpc) is 1.94. The average molecular weight is 137 g/mol. The monoisotopic (exact) mass is 137 g/mol. The molecule has 0 amide bonds. The van der Waals surface area contributed by atoms with Crippen LogP contribution in [0, 0.1) is 5.21 Å². The normalized spacial score (nSPS) is 9.70. The molecule has 0 fully saturated rings. The summed E-state index contributed by atoms with van der Waals surface area (Å²) in [6, 6.07) is 5.49. The summed E-state index contributed by atoms with van der Waals surface area (Å²) < 4.78 is 0.920. The van der Waals surface area contributed by atoms with Gasteiger partial charge < -0.3 is 5.21 Å². The maximum atomic E-state index is 10.9. The molecule has 0 spiro atoms. The Labute approximate surface area is 60.7 Å². The lowest BCUT2D eigenvalue weighted by molar-refractivity contribution is -0.614. The molecule has 0 unspecified atom stereocenters. The van der Waals surface area contributed by atoms with Crippen LogP contribution >= 0.6 is 0 Å². The molecule has 0 saturated carbocycles. The Kier molecular flexibility index (Phi) is 2.26. The number of hydrogen-bond acceptors (Lipinski definition) is 1. The third-order valence-electron chi connectivity index (χ3n) is 1.41. The number of aromatic nitrogens is 1. The minimum Gasteiger partial charge on any atom is -0.619 e. The van der Waals surface area contributed by atoms with E-state index in [1.807, 2.05) is 12.1 Å². The number of hydrogen-bond donors (Lipinski definition) is 0. The molecule has 0 aliphatic heterocycles. The maximum Gasteiger partial charge on any atom is 0.192 e. The minimum atomic E-state index is 0.852. The summed E-state index contributed by atoms with van der Waals surface area (Å²) in [5.74, 6) is 0. The van der Waals surface area contributed by atoms with Crippen molar-refractivity contribution in [3.63, 3.8) is 0 Å². The van der Waals surface area contributed by atoms with Gasteiger partial charge in [-0.3, -0.25) is 0 Å². The van der Waals surface area contributed by atoms with Crippen LogP contribution in [0.2, 0.25) is 0 Å². The smallest absolute Gasteiger partial charge is 0.192 e. The van der Waals surface area contributed by atoms with Crippen LogP contribution in [0.1, 0.15) is 19.0 Å². The zero-order chi connectivity index (χ0) is 7.40. The highest BCUT2D eigenvalue weighted by Gasteiger charge is 1.98. The van der Waals surface area contributed by atoms with Crippen molar-refractivity contribution < 1.29 is 4.73 Å². The van der Waals surface area contributed by atoms with E-state index >= 15 is 0 Å². The van der Waals surface area contributed by atoms with Gasteiger partial charge in [0.15, 0.2) is 11.9 Å². The third kappa shape index (κ3) is 1.47. The van der Waals surface area contributed by atoms with Gasteiger partial charge in [-0.25, -0.2) is 0 Å². The molecule has 2 heteroatoms. The molecule has 0 aliphatic rings. The van der Waals surface area contributed by atoms with Crippen LogP contribution in [-0.4, -0.2) is 0 Å². The van der Waals surface area contributed by atoms with Crippen LogP contribution in [0.15, 0.2) is 24.4 Å². The van der Waals surface area contributed by atoms with E-state index in [9.17, 15) is 5.21 Å². The van der Waals surface area contributed by atoms with Gasteiger partial charge >= 0.3 is 0 Å². The first-order valence-corrected chi connectivity index (χ1v) is 3.51. The molecule has 0 saturated heterocycles. The molecular weight excluding hydrogens is 126 g/mol. The molecule has 0 atom stereocenters. The van der Waals surface area contributed by atoms with E-state index in [2.05, 4.69) is 6.92 Å². The van der Waals surface area contributed by atoms with Crippen LogP contribution < -0.4 is 4.73 Å². The first-order valence-electron chi connectivity index (χ1n) is 3.51. The maximum absolute atomic E-state index is 10.9. The van der Waals surface area contributed by atoms with Gasteiger partial charge in [-0.2, -0.15) is 4.73 Å². The van der Waals surface area contributed by atoms with Crippen molar-refractivity contribution in [3.05, 3.63) is 35.3 Å². The van der Waals surface area contributed by atoms with E-state index in [0.29, 0.717) is 0 Å². The van der Waals surface area contributed by atoms with Gasteiger partial charge in [-0.1, -0.05) is 13.0 Å². The Morgan fingerprint density at radius 1 is 1.50 bits per heavy atom. The Morgan fingerprint density at radius 3 is 2.90 bits per heavy atom. The van der Waals surface area contributed by atoms with Crippen molar-refractivity contribution in [2.24, 2.45) is 0 Å². The fourth-order valence-electron chi connectivity index (χ4n) is 0.913. The van der Waals surface area contributed by atoms with E-state index in [1.54, 1.807) is 6.07 Å². The van der Waals surface area contributed by atoms with E-state index in [1.165, 1.54) is 6.20 Å². The molecule has 0 bridgehead atoms. The summed E-state index contributed by atoms with van der Waals surface area (Å²) in [4.78, 5) is 0. The second-order valence-corrected chi connectivity index (χ2v) is 2.27. The highest BCUT2D eigenvalue weighted by molar-refractivity contribution is 4.97. The van der Waals surface area contributed by atoms with Gasteiger partial charge in [0.1, 0.15) is 0 Å². The number of rotatable bonds is 2. The van der Waals surface area contributed by atoms with Crippen molar-refractivity contribution >= 4 is 0 Å². The van der Waals surface area contributed by atoms with Gasteiger partial charge in [0, 0.05) is 18.6 Å². The van der Waals surface area contributed by atoms with Crippen molar-refractivity contribution in [1.82, 2.24) is 0 Å². The minimum absolute atomic E-state index is 0.852. The first-order chi connectivity index (χ1) is 4.84. The molecular formula is C8H11NO. The van der Waals surface area contributed by atoms with Crippen LogP contribution in [0.5, 0.6) is 0 Å². The Morgan fingerprint density at radius 2 is 2.30 bits per heavy atom. The van der Waals surface area contributed by atoms with Gasteiger partial charge in [-0.05, 0) is 6.42 Å². The predicted molar refractivity (Wildman–Crippen MR) is 39.4 cm³/mol. The fraction of sp³-hybridized carbons (Fsp3) is 0.375. The van der Waals surface area contributed by atoms with E-state index < -0.39 is 0 Å². The van der Waals surface area contributed by atoms with Crippen LogP contribution in [0.3, 0.4) is 0 Å². The lowest BCUT2D eigenvalue weighted by atomic mass is 10.2. The van der Waals surface area contributed by atoms with E-state index in [-0.39, 0.29) is 0 Å². The SMILES string of the molecule is CCCc1cccc[n+]1[O-]. The standard InChI is InChI=1S/C8H11NO/c1-2-5-8-6-3-4-7-9(8)10/h3-4,6-7H,2,5H2,1H3. The summed E-state index contributed by atoms with van der Waals surface area (Å²) in [5.41, 5.74) is 0.852. The summed E-state index contributed by atoms with van der Waals surface area (Å²) in [6.45, 7) is 2.06. The molecule has 1 rings (SSSR count). The van der Waals surface area contributed by atoms with E-state index in [0.717, 1.165) is 23.3 Å². The molecule has 1 heterocycles. The van der Waals surface area contributed by atoms with Gasteiger partial charge in [-0.15, -0.1) is 0 Å². The lowest BCUT2D eigenvalue weighted by Gasteiger charge is -2.00. The number of nitrogens with zero attached hydrogens (tertiary/aromatic N) is 1. The molecule has 10 heavy (non-hydrogen) atoms. The molecule has 1 aromatic rings. The Bertz CT molecular complexity index is 210. The molecule has 0 aromatic carbocycles. The first kappa shape index (κ1) is 7.06. The second-order valence-electron chi connectivity index (χ2n) is 2.27. The molecule has 2 nitrogen and oxygen atoms in total. The molecule has 0 aliphatic carbocycles. The summed E-state index contributed by atoms with van der Waals surface area (Å²) in [7, 11) is 0. The molecule has 0 radical (unpaired) electrons. The highest BCUT2D eigenvalue weighted by Crippen LogP contribution is 1.94. The zero-order valence-corrected chi connectivity index (χ0v) is 6.08. The Balaban J connectivity index is 2.81. The predicted octanol–water partition coefficient (Wildman–Crippen LogP) is 1.27.